The quantitative estimate of drug-likeness (QED) is 0.205. The second kappa shape index (κ2) is 15.8. The second-order valence-corrected chi connectivity index (χ2v) is 15.1. The Morgan fingerprint density at radius 3 is 1.25 bits per heavy atom. The molecule has 2 fully saturated rings. The SMILES string of the molecule is CCC(CC)CC1(Nc2ccccc2SSc2ccccc2NC2(CC(CC)CC)CCCCC2)CCCCC1. The fourth-order valence-electron chi connectivity index (χ4n) is 7.42. The Morgan fingerprint density at radius 1 is 0.550 bits per heavy atom. The molecule has 2 nitrogen and oxygen atoms in total. The molecule has 0 unspecified atom stereocenters. The van der Waals surface area contributed by atoms with E-state index in [1.165, 1.54) is 124 Å². The molecule has 2 aliphatic rings. The Morgan fingerprint density at radius 2 is 0.900 bits per heavy atom. The first-order valence-corrected chi connectivity index (χ1v) is 18.8. The van der Waals surface area contributed by atoms with Gasteiger partial charge in [-0.25, -0.2) is 0 Å². The molecular formula is C36H56N2S2. The highest BCUT2D eigenvalue weighted by atomic mass is 33.1. The van der Waals surface area contributed by atoms with Crippen LogP contribution in [0.15, 0.2) is 58.3 Å². The Labute approximate surface area is 254 Å². The molecule has 0 aliphatic heterocycles. The molecule has 0 aromatic heterocycles. The van der Waals surface area contributed by atoms with Crippen LogP contribution in [0.25, 0.3) is 0 Å². The minimum Gasteiger partial charge on any atom is -0.379 e. The molecule has 0 atom stereocenters. The van der Waals surface area contributed by atoms with Crippen LogP contribution in [0.1, 0.15) is 130 Å². The molecule has 0 radical (unpaired) electrons. The number of hydrogen-bond acceptors (Lipinski definition) is 4. The third kappa shape index (κ3) is 8.63. The molecule has 0 amide bonds. The molecule has 222 valence electrons. The van der Waals surface area contributed by atoms with Gasteiger partial charge in [0.2, 0.25) is 0 Å². The molecule has 40 heavy (non-hydrogen) atoms. The van der Waals surface area contributed by atoms with E-state index in [4.69, 9.17) is 0 Å². The summed E-state index contributed by atoms with van der Waals surface area (Å²) in [5.41, 5.74) is 3.16. The van der Waals surface area contributed by atoms with E-state index in [1.54, 1.807) is 0 Å². The first-order chi connectivity index (χ1) is 19.5. The third-order valence-electron chi connectivity index (χ3n) is 10.1. The van der Waals surface area contributed by atoms with Crippen LogP contribution in [0.5, 0.6) is 0 Å². The summed E-state index contributed by atoms with van der Waals surface area (Å²) in [6, 6.07) is 18.1. The lowest BCUT2D eigenvalue weighted by Crippen LogP contribution is -2.42. The number of hydrogen-bond donors (Lipinski definition) is 2. The van der Waals surface area contributed by atoms with Crippen LogP contribution in [0, 0.1) is 11.8 Å². The lowest BCUT2D eigenvalue weighted by Gasteiger charge is -2.42. The molecule has 2 aromatic carbocycles. The van der Waals surface area contributed by atoms with Crippen molar-refractivity contribution in [2.75, 3.05) is 10.6 Å². The topological polar surface area (TPSA) is 24.1 Å². The van der Waals surface area contributed by atoms with Crippen molar-refractivity contribution in [3.8, 4) is 0 Å². The van der Waals surface area contributed by atoms with Gasteiger partial charge in [0.1, 0.15) is 0 Å². The van der Waals surface area contributed by atoms with Crippen LogP contribution < -0.4 is 10.6 Å². The van der Waals surface area contributed by atoms with Gasteiger partial charge in [-0.15, -0.1) is 0 Å². The molecule has 0 spiro atoms. The van der Waals surface area contributed by atoms with Crippen molar-refractivity contribution in [2.24, 2.45) is 11.8 Å². The number of rotatable bonds is 15. The molecule has 0 heterocycles. The predicted octanol–water partition coefficient (Wildman–Crippen LogP) is 12.4. The fourth-order valence-corrected chi connectivity index (χ4v) is 9.70. The van der Waals surface area contributed by atoms with Gasteiger partial charge >= 0.3 is 0 Å². The monoisotopic (exact) mass is 580 g/mol. The van der Waals surface area contributed by atoms with Crippen molar-refractivity contribution in [3.63, 3.8) is 0 Å². The van der Waals surface area contributed by atoms with Gasteiger partial charge in [0, 0.05) is 32.2 Å². The highest BCUT2D eigenvalue weighted by Gasteiger charge is 2.35. The zero-order valence-corrected chi connectivity index (χ0v) is 27.5. The predicted molar refractivity (Wildman–Crippen MR) is 181 cm³/mol. The average Bonchev–Trinajstić information content (AvgIpc) is 3.00. The van der Waals surface area contributed by atoms with E-state index in [1.807, 2.05) is 21.6 Å². The Kier molecular flexibility index (Phi) is 12.5. The van der Waals surface area contributed by atoms with Gasteiger partial charge in [-0.1, -0.05) is 138 Å². The maximum atomic E-state index is 4.17. The molecule has 4 rings (SSSR count). The van der Waals surface area contributed by atoms with E-state index < -0.39 is 0 Å². The molecule has 4 heteroatoms. The highest BCUT2D eigenvalue weighted by Crippen LogP contribution is 2.47. The molecule has 2 N–H and O–H groups in total. The van der Waals surface area contributed by atoms with Crippen molar-refractivity contribution in [3.05, 3.63) is 48.5 Å². The summed E-state index contributed by atoms with van der Waals surface area (Å²) in [6.07, 6.45) is 21.2. The summed E-state index contributed by atoms with van der Waals surface area (Å²) >= 11 is 0. The molecule has 2 aliphatic carbocycles. The van der Waals surface area contributed by atoms with Crippen LogP contribution in [0.2, 0.25) is 0 Å². The minimum absolute atomic E-state index is 0.248. The normalized spacial score (nSPS) is 18.6. The summed E-state index contributed by atoms with van der Waals surface area (Å²) in [4.78, 5) is 2.72. The van der Waals surface area contributed by atoms with E-state index >= 15 is 0 Å². The van der Waals surface area contributed by atoms with Crippen molar-refractivity contribution >= 4 is 33.0 Å². The van der Waals surface area contributed by atoms with E-state index in [9.17, 15) is 0 Å². The highest BCUT2D eigenvalue weighted by molar-refractivity contribution is 8.76. The fraction of sp³-hybridized carbons (Fsp3) is 0.667. The number of nitrogens with one attached hydrogen (secondary N) is 2. The van der Waals surface area contributed by atoms with Gasteiger partial charge in [0.25, 0.3) is 0 Å². The van der Waals surface area contributed by atoms with E-state index in [0.717, 1.165) is 11.8 Å². The largest absolute Gasteiger partial charge is 0.379 e. The molecule has 0 bridgehead atoms. The molecule has 0 saturated heterocycles. The summed E-state index contributed by atoms with van der Waals surface area (Å²) in [6.45, 7) is 9.49. The zero-order valence-electron chi connectivity index (χ0n) is 25.9. The Bertz CT molecular complexity index is 920. The lowest BCUT2D eigenvalue weighted by atomic mass is 9.74. The third-order valence-corrected chi connectivity index (χ3v) is 12.6. The van der Waals surface area contributed by atoms with Crippen molar-refractivity contribution in [2.45, 2.75) is 151 Å². The zero-order chi connectivity index (χ0) is 28.3. The van der Waals surface area contributed by atoms with Gasteiger partial charge in [-0.05, 0) is 74.6 Å². The first-order valence-electron chi connectivity index (χ1n) is 16.6. The van der Waals surface area contributed by atoms with Crippen molar-refractivity contribution in [1.82, 2.24) is 0 Å². The maximum absolute atomic E-state index is 4.17. The summed E-state index contributed by atoms with van der Waals surface area (Å²) in [5, 5.41) is 8.34. The summed E-state index contributed by atoms with van der Waals surface area (Å²) < 4.78 is 0. The van der Waals surface area contributed by atoms with Gasteiger partial charge in [0.05, 0.1) is 0 Å². The van der Waals surface area contributed by atoms with Crippen molar-refractivity contribution in [1.29, 1.82) is 0 Å². The molecule has 2 saturated carbocycles. The van der Waals surface area contributed by atoms with Crippen LogP contribution in [0.4, 0.5) is 11.4 Å². The van der Waals surface area contributed by atoms with E-state index in [-0.39, 0.29) is 11.1 Å². The minimum atomic E-state index is 0.248. The lowest BCUT2D eigenvalue weighted by molar-refractivity contribution is 0.252. The van der Waals surface area contributed by atoms with Gasteiger partial charge in [-0.3, -0.25) is 0 Å². The summed E-state index contributed by atoms with van der Waals surface area (Å²) in [5.74, 6) is 1.62. The Balaban J connectivity index is 1.51. The van der Waals surface area contributed by atoms with Crippen LogP contribution in [-0.4, -0.2) is 11.1 Å². The molecule has 2 aromatic rings. The molecular weight excluding hydrogens is 525 g/mol. The van der Waals surface area contributed by atoms with E-state index in [2.05, 4.69) is 86.9 Å². The number of para-hydroxylation sites is 2. The van der Waals surface area contributed by atoms with Crippen LogP contribution >= 0.6 is 21.6 Å². The van der Waals surface area contributed by atoms with Crippen LogP contribution in [-0.2, 0) is 0 Å². The summed E-state index contributed by atoms with van der Waals surface area (Å²) in [7, 11) is 3.86. The van der Waals surface area contributed by atoms with Gasteiger partial charge in [-0.2, -0.15) is 0 Å². The smallest absolute Gasteiger partial charge is 0.0491 e. The van der Waals surface area contributed by atoms with Crippen LogP contribution in [0.3, 0.4) is 0 Å². The standard InChI is InChI=1S/C36H56N2S2/c1-5-29(6-2)27-35(23-15-9-16-24-35)37-31-19-11-13-21-33(31)39-40-34-22-14-12-20-32(34)38-36(25-17-10-18-26-36)28-30(7-3)8-4/h11-14,19-22,29-30,37-38H,5-10,15-18,23-28H2,1-4H3. The Hall–Kier alpha value is -1.26. The van der Waals surface area contributed by atoms with Crippen molar-refractivity contribution < 1.29 is 0 Å². The maximum Gasteiger partial charge on any atom is 0.0491 e. The van der Waals surface area contributed by atoms with E-state index in [0.29, 0.717) is 0 Å². The number of benzene rings is 2. The van der Waals surface area contributed by atoms with Gasteiger partial charge in [0.15, 0.2) is 0 Å². The second-order valence-electron chi connectivity index (χ2n) is 12.9. The number of anilines is 2. The van der Waals surface area contributed by atoms with Gasteiger partial charge < -0.3 is 10.6 Å². The first kappa shape index (κ1) is 31.7. The average molecular weight is 581 g/mol.